The number of aromatic nitrogens is 1. The Morgan fingerprint density at radius 1 is 1.09 bits per heavy atom. The maximum Gasteiger partial charge on any atom is 0.248 e. The van der Waals surface area contributed by atoms with Gasteiger partial charge in [-0.2, -0.15) is 0 Å². The van der Waals surface area contributed by atoms with Crippen molar-refractivity contribution in [2.45, 2.75) is 58.0 Å². The molecule has 5 nitrogen and oxygen atoms in total. The van der Waals surface area contributed by atoms with Gasteiger partial charge in [-0.3, -0.25) is 19.5 Å². The highest BCUT2D eigenvalue weighted by molar-refractivity contribution is 7.10. The van der Waals surface area contributed by atoms with E-state index in [1.54, 1.807) is 28.6 Å². The van der Waals surface area contributed by atoms with Crippen LogP contribution >= 0.6 is 11.3 Å². The molecule has 1 aromatic carbocycles. The van der Waals surface area contributed by atoms with Crippen LogP contribution in [-0.4, -0.2) is 22.8 Å². The van der Waals surface area contributed by atoms with E-state index in [1.165, 1.54) is 0 Å². The quantitative estimate of drug-likeness (QED) is 0.546. The molecule has 2 heterocycles. The van der Waals surface area contributed by atoms with Gasteiger partial charge in [0.1, 0.15) is 6.04 Å². The lowest BCUT2D eigenvalue weighted by molar-refractivity contribution is -0.127. The number of anilines is 1. The van der Waals surface area contributed by atoms with Crippen LogP contribution in [0.2, 0.25) is 0 Å². The summed E-state index contributed by atoms with van der Waals surface area (Å²) in [5.41, 5.74) is 3.72. The molecular weight excluding hydrogens is 418 g/mol. The number of aryl methyl sites for hydroxylation is 2. The Labute approximate surface area is 193 Å². The number of nitrogens with one attached hydrogen (secondary N) is 1. The first-order valence-corrected chi connectivity index (χ1v) is 12.0. The number of amides is 2. The van der Waals surface area contributed by atoms with Crippen molar-refractivity contribution in [3.05, 3.63) is 81.8 Å². The van der Waals surface area contributed by atoms with Crippen molar-refractivity contribution in [3.8, 4) is 0 Å². The topological polar surface area (TPSA) is 62.3 Å². The van der Waals surface area contributed by atoms with Gasteiger partial charge in [0.2, 0.25) is 11.8 Å². The summed E-state index contributed by atoms with van der Waals surface area (Å²) in [4.78, 5) is 34.1. The molecule has 1 N–H and O–H groups in total. The Balaban J connectivity index is 1.76. The van der Waals surface area contributed by atoms with Gasteiger partial charge in [-0.25, -0.2) is 0 Å². The Hall–Kier alpha value is -2.99. The first kappa shape index (κ1) is 22.2. The van der Waals surface area contributed by atoms with E-state index in [-0.39, 0.29) is 24.3 Å². The molecule has 32 heavy (non-hydrogen) atoms. The van der Waals surface area contributed by atoms with E-state index in [9.17, 15) is 9.59 Å². The minimum absolute atomic E-state index is 0.0981. The molecule has 0 spiro atoms. The number of thiophene rings is 1. The summed E-state index contributed by atoms with van der Waals surface area (Å²) >= 11 is 1.55. The number of carbonyl (C=O) groups excluding carboxylic acids is 2. The minimum atomic E-state index is -0.756. The number of rotatable bonds is 7. The van der Waals surface area contributed by atoms with Crippen LogP contribution in [0.15, 0.2) is 60.2 Å². The average molecular weight is 448 g/mol. The summed E-state index contributed by atoms with van der Waals surface area (Å²) in [6.07, 6.45) is 7.83. The zero-order valence-electron chi connectivity index (χ0n) is 18.6. The third-order valence-corrected chi connectivity index (χ3v) is 7.05. The third kappa shape index (κ3) is 5.07. The van der Waals surface area contributed by atoms with E-state index in [4.69, 9.17) is 0 Å². The Morgan fingerprint density at radius 2 is 1.84 bits per heavy atom. The molecule has 1 aliphatic carbocycles. The Bertz CT molecular complexity index is 1060. The molecule has 3 aromatic rings. The highest BCUT2D eigenvalue weighted by Gasteiger charge is 2.34. The first-order chi connectivity index (χ1) is 15.5. The van der Waals surface area contributed by atoms with Crippen LogP contribution in [0, 0.1) is 13.8 Å². The molecule has 1 saturated carbocycles. The standard InChI is InChI=1S/C26H29N3O2S/c1-18-9-10-22(16-19(18)2)29(24(30)17-23-8-5-15-32-23)25(20-11-13-27-14-12-20)26(31)28-21-6-3-4-7-21/h5,8-16,21,25H,3-4,6-7,17H2,1-2H3,(H,28,31)/t25-/m0/s1. The minimum Gasteiger partial charge on any atom is -0.351 e. The van der Waals surface area contributed by atoms with Crippen molar-refractivity contribution >= 4 is 28.8 Å². The smallest absolute Gasteiger partial charge is 0.248 e. The van der Waals surface area contributed by atoms with Gasteiger partial charge in [0.25, 0.3) is 0 Å². The van der Waals surface area contributed by atoms with E-state index in [2.05, 4.69) is 10.3 Å². The molecule has 0 radical (unpaired) electrons. The second kappa shape index (κ2) is 10.1. The number of pyridine rings is 1. The van der Waals surface area contributed by atoms with E-state index in [0.29, 0.717) is 0 Å². The molecule has 1 atom stereocenters. The molecule has 0 unspecified atom stereocenters. The fourth-order valence-corrected chi connectivity index (χ4v) is 4.97. The molecule has 4 rings (SSSR count). The number of carbonyl (C=O) groups is 2. The van der Waals surface area contributed by atoms with Crippen molar-refractivity contribution in [1.82, 2.24) is 10.3 Å². The molecule has 2 aromatic heterocycles. The number of benzene rings is 1. The summed E-state index contributed by atoms with van der Waals surface area (Å²) in [6, 6.07) is 12.9. The van der Waals surface area contributed by atoms with Gasteiger partial charge in [0, 0.05) is 29.0 Å². The average Bonchev–Trinajstić information content (AvgIpc) is 3.49. The van der Waals surface area contributed by atoms with Crippen LogP contribution in [0.1, 0.15) is 53.3 Å². The maximum atomic E-state index is 13.7. The monoisotopic (exact) mass is 447 g/mol. The number of hydrogen-bond donors (Lipinski definition) is 1. The van der Waals surface area contributed by atoms with Crippen LogP contribution in [0.4, 0.5) is 5.69 Å². The highest BCUT2D eigenvalue weighted by atomic mass is 32.1. The summed E-state index contributed by atoms with van der Waals surface area (Å²) in [5, 5.41) is 5.19. The summed E-state index contributed by atoms with van der Waals surface area (Å²) in [7, 11) is 0. The molecule has 0 saturated heterocycles. The normalized spacial score (nSPS) is 14.8. The molecule has 1 aliphatic rings. The van der Waals surface area contributed by atoms with Crippen molar-refractivity contribution in [2.75, 3.05) is 4.90 Å². The molecule has 2 amide bonds. The van der Waals surface area contributed by atoms with Crippen LogP contribution < -0.4 is 10.2 Å². The van der Waals surface area contributed by atoms with Gasteiger partial charge < -0.3 is 5.32 Å². The van der Waals surface area contributed by atoms with Gasteiger partial charge >= 0.3 is 0 Å². The first-order valence-electron chi connectivity index (χ1n) is 11.1. The van der Waals surface area contributed by atoms with E-state index < -0.39 is 6.04 Å². The predicted octanol–water partition coefficient (Wildman–Crippen LogP) is 5.14. The van der Waals surface area contributed by atoms with Crippen LogP contribution in [0.3, 0.4) is 0 Å². The summed E-state index contributed by atoms with van der Waals surface area (Å²) in [6.45, 7) is 4.07. The van der Waals surface area contributed by atoms with Gasteiger partial charge in [-0.1, -0.05) is 25.0 Å². The van der Waals surface area contributed by atoms with Crippen molar-refractivity contribution < 1.29 is 9.59 Å². The molecule has 0 bridgehead atoms. The second-order valence-electron chi connectivity index (χ2n) is 8.46. The van der Waals surface area contributed by atoms with E-state index >= 15 is 0 Å². The van der Waals surface area contributed by atoms with Crippen LogP contribution in [-0.2, 0) is 16.0 Å². The van der Waals surface area contributed by atoms with Gasteiger partial charge in [0.05, 0.1) is 6.42 Å². The van der Waals surface area contributed by atoms with Crippen molar-refractivity contribution in [3.63, 3.8) is 0 Å². The Kier molecular flexibility index (Phi) is 7.00. The lowest BCUT2D eigenvalue weighted by atomic mass is 10.0. The molecule has 1 fully saturated rings. The van der Waals surface area contributed by atoms with Gasteiger partial charge in [-0.05, 0) is 79.1 Å². The molecular formula is C26H29N3O2S. The number of nitrogens with zero attached hydrogens (tertiary/aromatic N) is 2. The molecule has 166 valence electrons. The fraction of sp³-hybridized carbons (Fsp3) is 0.346. The van der Waals surface area contributed by atoms with Crippen LogP contribution in [0.25, 0.3) is 0 Å². The number of hydrogen-bond acceptors (Lipinski definition) is 4. The van der Waals surface area contributed by atoms with Crippen molar-refractivity contribution in [2.24, 2.45) is 0 Å². The second-order valence-corrected chi connectivity index (χ2v) is 9.49. The molecule has 6 heteroatoms. The zero-order chi connectivity index (χ0) is 22.5. The Morgan fingerprint density at radius 3 is 2.50 bits per heavy atom. The van der Waals surface area contributed by atoms with Gasteiger partial charge in [-0.15, -0.1) is 11.3 Å². The van der Waals surface area contributed by atoms with Crippen LogP contribution in [0.5, 0.6) is 0 Å². The SMILES string of the molecule is Cc1ccc(N(C(=O)Cc2cccs2)[C@H](C(=O)NC2CCCC2)c2ccncc2)cc1C. The lowest BCUT2D eigenvalue weighted by Gasteiger charge is -2.32. The highest BCUT2D eigenvalue weighted by Crippen LogP contribution is 2.31. The van der Waals surface area contributed by atoms with E-state index in [0.717, 1.165) is 52.9 Å². The zero-order valence-corrected chi connectivity index (χ0v) is 19.4. The maximum absolute atomic E-state index is 13.7. The third-order valence-electron chi connectivity index (χ3n) is 6.17. The van der Waals surface area contributed by atoms with Crippen molar-refractivity contribution in [1.29, 1.82) is 0 Å². The lowest BCUT2D eigenvalue weighted by Crippen LogP contribution is -2.46. The fourth-order valence-electron chi connectivity index (χ4n) is 4.27. The summed E-state index contributed by atoms with van der Waals surface area (Å²) in [5.74, 6) is -0.236. The van der Waals surface area contributed by atoms with Gasteiger partial charge in [0.15, 0.2) is 0 Å². The predicted molar refractivity (Wildman–Crippen MR) is 129 cm³/mol. The largest absolute Gasteiger partial charge is 0.351 e. The molecule has 0 aliphatic heterocycles. The van der Waals surface area contributed by atoms with E-state index in [1.807, 2.05) is 61.7 Å². The summed E-state index contributed by atoms with van der Waals surface area (Å²) < 4.78 is 0.